The highest BCUT2D eigenvalue weighted by atomic mass is 16.6. The van der Waals surface area contributed by atoms with E-state index in [2.05, 4.69) is 151 Å². The van der Waals surface area contributed by atoms with Crippen molar-refractivity contribution in [2.75, 3.05) is 16.8 Å². The molecule has 0 fully saturated rings. The SMILES string of the molecule is CC1C=CC=C(c2ccc(N(c3ccc(-c4ccccc4)cc3)c3ccc(-c4ccc(N(C)c5ccc([N+](=O)[O-])cc5)cc4)cc3)cc2)C1. The molecule has 240 valence electrons. The summed E-state index contributed by atoms with van der Waals surface area (Å²) in [5.41, 5.74) is 12.5. The van der Waals surface area contributed by atoms with Crippen LogP contribution in [-0.4, -0.2) is 12.0 Å². The van der Waals surface area contributed by atoms with Crippen molar-refractivity contribution in [3.8, 4) is 22.3 Å². The number of allylic oxidation sites excluding steroid dienone is 4. The van der Waals surface area contributed by atoms with Crippen molar-refractivity contribution in [1.82, 2.24) is 0 Å². The van der Waals surface area contributed by atoms with Crippen LogP contribution in [0.15, 0.2) is 170 Å². The van der Waals surface area contributed by atoms with E-state index in [1.165, 1.54) is 34.4 Å². The number of benzene rings is 6. The number of nitro benzene ring substituents is 1. The molecule has 7 rings (SSSR count). The van der Waals surface area contributed by atoms with E-state index in [4.69, 9.17) is 0 Å². The van der Waals surface area contributed by atoms with E-state index in [-0.39, 0.29) is 10.6 Å². The molecule has 0 amide bonds. The summed E-state index contributed by atoms with van der Waals surface area (Å²) >= 11 is 0. The van der Waals surface area contributed by atoms with Gasteiger partial charge in [-0.1, -0.05) is 104 Å². The van der Waals surface area contributed by atoms with Crippen LogP contribution < -0.4 is 9.80 Å². The molecule has 6 aromatic carbocycles. The monoisotopic (exact) mass is 639 g/mol. The maximum atomic E-state index is 11.0. The van der Waals surface area contributed by atoms with Crippen LogP contribution in [0.2, 0.25) is 0 Å². The summed E-state index contributed by atoms with van der Waals surface area (Å²) in [5.74, 6) is 0.546. The first-order valence-corrected chi connectivity index (χ1v) is 16.5. The van der Waals surface area contributed by atoms with Gasteiger partial charge in [0.25, 0.3) is 5.69 Å². The fraction of sp³-hybridized carbons (Fsp3) is 0.0909. The van der Waals surface area contributed by atoms with Crippen molar-refractivity contribution in [2.45, 2.75) is 13.3 Å². The smallest absolute Gasteiger partial charge is 0.269 e. The van der Waals surface area contributed by atoms with Crippen molar-refractivity contribution < 1.29 is 4.92 Å². The lowest BCUT2D eigenvalue weighted by atomic mass is 9.91. The quantitative estimate of drug-likeness (QED) is 0.117. The third kappa shape index (κ3) is 6.92. The third-order valence-corrected chi connectivity index (χ3v) is 9.17. The van der Waals surface area contributed by atoms with Gasteiger partial charge in [-0.25, -0.2) is 0 Å². The minimum Gasteiger partial charge on any atom is -0.345 e. The molecule has 6 aromatic rings. The van der Waals surface area contributed by atoms with Crippen LogP contribution in [0.25, 0.3) is 27.8 Å². The minimum absolute atomic E-state index is 0.0835. The van der Waals surface area contributed by atoms with E-state index in [0.29, 0.717) is 5.92 Å². The topological polar surface area (TPSA) is 49.6 Å². The number of hydrogen-bond donors (Lipinski definition) is 0. The largest absolute Gasteiger partial charge is 0.345 e. The Kier molecular flexibility index (Phi) is 8.90. The maximum Gasteiger partial charge on any atom is 0.269 e. The number of anilines is 5. The van der Waals surface area contributed by atoms with Gasteiger partial charge < -0.3 is 9.80 Å². The second kappa shape index (κ2) is 13.9. The van der Waals surface area contributed by atoms with Gasteiger partial charge in [-0.05, 0) is 106 Å². The Bertz CT molecular complexity index is 2100. The number of nitro groups is 1. The highest BCUT2D eigenvalue weighted by Gasteiger charge is 2.15. The molecule has 0 saturated heterocycles. The van der Waals surface area contributed by atoms with Gasteiger partial charge in [0.15, 0.2) is 0 Å². The molecule has 0 saturated carbocycles. The first kappa shape index (κ1) is 31.4. The van der Waals surface area contributed by atoms with Gasteiger partial charge >= 0.3 is 0 Å². The lowest BCUT2D eigenvalue weighted by Crippen LogP contribution is -2.10. The van der Waals surface area contributed by atoms with Gasteiger partial charge in [-0.15, -0.1) is 0 Å². The molecule has 0 N–H and O–H groups in total. The van der Waals surface area contributed by atoms with E-state index in [1.54, 1.807) is 12.1 Å². The predicted molar refractivity (Wildman–Crippen MR) is 204 cm³/mol. The van der Waals surface area contributed by atoms with Gasteiger partial charge in [-0.3, -0.25) is 10.1 Å². The average molecular weight is 640 g/mol. The Labute approximate surface area is 287 Å². The zero-order valence-electron chi connectivity index (χ0n) is 27.6. The summed E-state index contributed by atoms with van der Waals surface area (Å²) < 4.78 is 0. The maximum absolute atomic E-state index is 11.0. The number of hydrogen-bond acceptors (Lipinski definition) is 4. The first-order valence-electron chi connectivity index (χ1n) is 16.5. The zero-order valence-corrected chi connectivity index (χ0v) is 27.6. The molecule has 1 unspecified atom stereocenters. The van der Waals surface area contributed by atoms with Crippen LogP contribution >= 0.6 is 0 Å². The molecule has 0 heterocycles. The van der Waals surface area contributed by atoms with Crippen molar-refractivity contribution in [2.24, 2.45) is 5.92 Å². The lowest BCUT2D eigenvalue weighted by molar-refractivity contribution is -0.384. The molecular formula is C44H37N3O2. The first-order chi connectivity index (χ1) is 23.9. The van der Waals surface area contributed by atoms with Gasteiger partial charge in [0, 0.05) is 47.6 Å². The molecule has 1 aliphatic rings. The highest BCUT2D eigenvalue weighted by molar-refractivity contribution is 5.81. The van der Waals surface area contributed by atoms with Gasteiger partial charge in [0.05, 0.1) is 4.92 Å². The van der Waals surface area contributed by atoms with Gasteiger partial charge in [0.2, 0.25) is 0 Å². The van der Waals surface area contributed by atoms with Gasteiger partial charge in [0.1, 0.15) is 0 Å². The van der Waals surface area contributed by atoms with E-state index in [0.717, 1.165) is 46.0 Å². The predicted octanol–water partition coefficient (Wildman–Crippen LogP) is 12.1. The molecule has 1 atom stereocenters. The fourth-order valence-corrected chi connectivity index (χ4v) is 6.39. The van der Waals surface area contributed by atoms with Crippen molar-refractivity contribution in [3.63, 3.8) is 0 Å². The molecule has 0 aliphatic heterocycles. The average Bonchev–Trinajstić information content (AvgIpc) is 3.16. The molecule has 0 spiro atoms. The summed E-state index contributed by atoms with van der Waals surface area (Å²) in [7, 11) is 1.96. The molecule has 0 radical (unpaired) electrons. The molecule has 1 aliphatic carbocycles. The standard InChI is InChI=1S/C44H37N3O2/c1-32-7-6-10-38(31-32)37-17-25-43(26-18-37)46(41-21-13-34(14-22-41)33-8-4-3-5-9-33)42-23-15-36(16-24-42)35-11-19-39(20-12-35)45(2)40-27-29-44(30-28-40)47(48)49/h3-30,32H,31H2,1-2H3. The van der Waals surface area contributed by atoms with E-state index in [9.17, 15) is 10.1 Å². The summed E-state index contributed by atoms with van der Waals surface area (Å²) in [6, 6.07) is 51.8. The number of rotatable bonds is 9. The van der Waals surface area contributed by atoms with Gasteiger partial charge in [-0.2, -0.15) is 0 Å². The normalized spacial score (nSPS) is 13.8. The summed E-state index contributed by atoms with van der Waals surface area (Å²) in [6.45, 7) is 2.26. The Morgan fingerprint density at radius 3 is 1.41 bits per heavy atom. The zero-order chi connectivity index (χ0) is 33.7. The number of non-ortho nitro benzene ring substituents is 1. The van der Waals surface area contributed by atoms with Crippen molar-refractivity contribution in [1.29, 1.82) is 0 Å². The summed E-state index contributed by atoms with van der Waals surface area (Å²) in [6.07, 6.45) is 7.71. The van der Waals surface area contributed by atoms with Crippen LogP contribution in [0.3, 0.4) is 0 Å². The minimum atomic E-state index is -0.380. The molecule has 5 nitrogen and oxygen atoms in total. The Balaban J connectivity index is 1.16. The van der Waals surface area contributed by atoms with Crippen LogP contribution in [0.5, 0.6) is 0 Å². The van der Waals surface area contributed by atoms with Crippen molar-refractivity contribution in [3.05, 3.63) is 186 Å². The highest BCUT2D eigenvalue weighted by Crippen LogP contribution is 2.38. The second-order valence-corrected chi connectivity index (χ2v) is 12.5. The fourth-order valence-electron chi connectivity index (χ4n) is 6.39. The Morgan fingerprint density at radius 2 is 0.959 bits per heavy atom. The van der Waals surface area contributed by atoms with Crippen LogP contribution in [0.4, 0.5) is 34.1 Å². The van der Waals surface area contributed by atoms with E-state index >= 15 is 0 Å². The Morgan fingerprint density at radius 1 is 0.551 bits per heavy atom. The van der Waals surface area contributed by atoms with Crippen LogP contribution in [0, 0.1) is 16.0 Å². The van der Waals surface area contributed by atoms with Crippen LogP contribution in [-0.2, 0) is 0 Å². The van der Waals surface area contributed by atoms with Crippen molar-refractivity contribution >= 4 is 39.7 Å². The molecule has 0 bridgehead atoms. The number of nitrogens with zero attached hydrogens (tertiary/aromatic N) is 3. The molecular weight excluding hydrogens is 603 g/mol. The third-order valence-electron chi connectivity index (χ3n) is 9.17. The second-order valence-electron chi connectivity index (χ2n) is 12.5. The van der Waals surface area contributed by atoms with Crippen LogP contribution in [0.1, 0.15) is 18.9 Å². The Hall–Kier alpha value is -6.20. The van der Waals surface area contributed by atoms with E-state index in [1.807, 2.05) is 18.0 Å². The molecule has 0 aromatic heterocycles. The molecule has 49 heavy (non-hydrogen) atoms. The summed E-state index contributed by atoms with van der Waals surface area (Å²) in [5, 5.41) is 11.0. The lowest BCUT2D eigenvalue weighted by Gasteiger charge is -2.26. The van der Waals surface area contributed by atoms with E-state index < -0.39 is 0 Å². The summed E-state index contributed by atoms with van der Waals surface area (Å²) in [4.78, 5) is 15.0. The molecule has 5 heteroatoms.